The zero-order chi connectivity index (χ0) is 30.7. The van der Waals surface area contributed by atoms with Crippen molar-refractivity contribution in [3.05, 3.63) is 94.6 Å². The third-order valence-electron chi connectivity index (χ3n) is 8.21. The Morgan fingerprint density at radius 3 is 2.22 bits per heavy atom. The number of carboxylic acid groups (broad SMARTS) is 1. The highest BCUT2D eigenvalue weighted by Gasteiger charge is 2.20. The van der Waals surface area contributed by atoms with Gasteiger partial charge in [-0.15, -0.1) is 0 Å². The number of benzene rings is 3. The number of aromatic carboxylic acids is 1. The van der Waals surface area contributed by atoms with Gasteiger partial charge >= 0.3 is 5.97 Å². The number of hydrogen-bond acceptors (Lipinski definition) is 4. The van der Waals surface area contributed by atoms with E-state index in [1.807, 2.05) is 24.3 Å². The van der Waals surface area contributed by atoms with Crippen LogP contribution in [0.4, 0.5) is 0 Å². The highest BCUT2D eigenvalue weighted by atomic mass is 16.4. The van der Waals surface area contributed by atoms with Crippen LogP contribution >= 0.6 is 0 Å². The highest BCUT2D eigenvalue weighted by Crippen LogP contribution is 2.31. The van der Waals surface area contributed by atoms with Crippen LogP contribution < -0.4 is 0 Å². The molecule has 5 aromatic rings. The fourth-order valence-corrected chi connectivity index (χ4v) is 6.03. The Labute approximate surface area is 265 Å². The first kappa shape index (κ1) is 35.2. The van der Waals surface area contributed by atoms with Crippen molar-refractivity contribution in [1.29, 1.82) is 0 Å². The second-order valence-electron chi connectivity index (χ2n) is 11.6. The van der Waals surface area contributed by atoms with Gasteiger partial charge < -0.3 is 30.1 Å². The summed E-state index contributed by atoms with van der Waals surface area (Å²) in [6, 6.07) is 19.9. The van der Waals surface area contributed by atoms with Crippen LogP contribution in [-0.4, -0.2) is 66.7 Å². The number of hydrogen-bond donors (Lipinski definition) is 1. The Hall–Kier alpha value is -4.31. The van der Waals surface area contributed by atoms with E-state index in [1.165, 1.54) is 11.4 Å². The summed E-state index contributed by atoms with van der Waals surface area (Å²) in [5, 5.41) is 9.66. The SMILES string of the molecule is CCCc1nc2c(C)cc(-c3nc(CC)c(CC)n3CCN(C)C)cc2n1Cc1ccc(-c2ccccc2C(=O)O)cc1.O.O. The minimum absolute atomic E-state index is 0. The molecule has 9 nitrogen and oxygen atoms in total. The molecule has 0 aliphatic carbocycles. The number of rotatable bonds is 12. The molecule has 9 heteroatoms. The van der Waals surface area contributed by atoms with E-state index in [9.17, 15) is 9.90 Å². The van der Waals surface area contributed by atoms with Crippen molar-refractivity contribution in [1.82, 2.24) is 24.0 Å². The molecule has 0 bridgehead atoms. The van der Waals surface area contributed by atoms with Crippen LogP contribution in [0.3, 0.4) is 0 Å². The van der Waals surface area contributed by atoms with E-state index in [1.54, 1.807) is 12.1 Å². The maximum atomic E-state index is 11.8. The lowest BCUT2D eigenvalue weighted by Crippen LogP contribution is -2.20. The Morgan fingerprint density at radius 1 is 0.889 bits per heavy atom. The molecule has 5 N–H and O–H groups in total. The Kier molecular flexibility index (Phi) is 11.8. The fraction of sp³-hybridized carbons (Fsp3) is 0.361. The van der Waals surface area contributed by atoms with Crippen molar-refractivity contribution in [3.63, 3.8) is 0 Å². The fourth-order valence-electron chi connectivity index (χ4n) is 6.03. The van der Waals surface area contributed by atoms with Crippen molar-refractivity contribution in [2.75, 3.05) is 20.6 Å². The van der Waals surface area contributed by atoms with Gasteiger partial charge in [-0.2, -0.15) is 0 Å². The normalized spacial score (nSPS) is 11.1. The number of likely N-dealkylation sites (N-methyl/N-ethyl adjacent to an activating group) is 1. The molecule has 0 saturated heterocycles. The molecule has 0 radical (unpaired) electrons. The Morgan fingerprint density at radius 2 is 1.60 bits per heavy atom. The van der Waals surface area contributed by atoms with E-state index in [4.69, 9.17) is 9.97 Å². The zero-order valence-corrected chi connectivity index (χ0v) is 27.3. The molecule has 2 heterocycles. The van der Waals surface area contributed by atoms with E-state index in [-0.39, 0.29) is 11.0 Å². The average molecular weight is 614 g/mol. The van der Waals surface area contributed by atoms with Gasteiger partial charge in [0.2, 0.25) is 0 Å². The summed E-state index contributed by atoms with van der Waals surface area (Å²) >= 11 is 0. The van der Waals surface area contributed by atoms with Crippen molar-refractivity contribution in [3.8, 4) is 22.5 Å². The van der Waals surface area contributed by atoms with Crippen LogP contribution in [0.5, 0.6) is 0 Å². The van der Waals surface area contributed by atoms with Crippen LogP contribution in [0.1, 0.15) is 65.9 Å². The molecule has 240 valence electrons. The molecule has 0 unspecified atom stereocenters. The number of carboxylic acids is 1. The van der Waals surface area contributed by atoms with Crippen molar-refractivity contribution >= 4 is 17.0 Å². The standard InChI is InChI=1S/C36H43N5O2.2H2O/c1-7-12-33-38-34-24(4)21-27(35-37-30(8-2)31(9-3)40(35)20-19-39(5)6)22-32(34)41(33)23-25-15-17-26(18-16-25)28-13-10-11-14-29(28)36(42)43;;/h10-11,13-18,21-22H,7-9,12,19-20,23H2,1-6H3,(H,42,43);2*1H2. The topological polar surface area (TPSA) is 139 Å². The molecular formula is C36H47N5O4. The van der Waals surface area contributed by atoms with E-state index >= 15 is 0 Å². The van der Waals surface area contributed by atoms with Crippen molar-refractivity contribution in [2.24, 2.45) is 0 Å². The first-order chi connectivity index (χ1) is 20.7. The first-order valence-electron chi connectivity index (χ1n) is 15.4. The Balaban J connectivity index is 0.00000276. The largest absolute Gasteiger partial charge is 0.478 e. The third kappa shape index (κ3) is 7.17. The molecular weight excluding hydrogens is 566 g/mol. The first-order valence-corrected chi connectivity index (χ1v) is 15.4. The highest BCUT2D eigenvalue weighted by molar-refractivity contribution is 5.96. The number of nitrogens with zero attached hydrogens (tertiary/aromatic N) is 5. The number of aryl methyl sites for hydroxylation is 3. The lowest BCUT2D eigenvalue weighted by Gasteiger charge is -2.16. The van der Waals surface area contributed by atoms with Gasteiger partial charge in [0, 0.05) is 37.3 Å². The number of aromatic nitrogens is 4. The van der Waals surface area contributed by atoms with Gasteiger partial charge in [0.15, 0.2) is 0 Å². The smallest absolute Gasteiger partial charge is 0.336 e. The number of carbonyl (C=O) groups is 1. The molecule has 0 saturated carbocycles. The lowest BCUT2D eigenvalue weighted by molar-refractivity contribution is 0.0697. The molecule has 0 amide bonds. The van der Waals surface area contributed by atoms with Gasteiger partial charge in [-0.25, -0.2) is 14.8 Å². The zero-order valence-electron chi connectivity index (χ0n) is 27.3. The molecule has 0 fully saturated rings. The summed E-state index contributed by atoms with van der Waals surface area (Å²) < 4.78 is 4.77. The van der Waals surface area contributed by atoms with Crippen LogP contribution in [0, 0.1) is 6.92 Å². The van der Waals surface area contributed by atoms with Crippen molar-refractivity contribution < 1.29 is 20.9 Å². The summed E-state index contributed by atoms with van der Waals surface area (Å²) in [6.45, 7) is 11.3. The summed E-state index contributed by atoms with van der Waals surface area (Å²) in [4.78, 5) is 24.3. The maximum Gasteiger partial charge on any atom is 0.336 e. The summed E-state index contributed by atoms with van der Waals surface area (Å²) in [5.41, 5.74) is 10.0. The maximum absolute atomic E-state index is 11.8. The lowest BCUT2D eigenvalue weighted by atomic mass is 9.98. The molecule has 2 aromatic heterocycles. The Bertz CT molecular complexity index is 1750. The van der Waals surface area contributed by atoms with Gasteiger partial charge in [-0.1, -0.05) is 63.2 Å². The molecule has 45 heavy (non-hydrogen) atoms. The molecule has 3 aromatic carbocycles. The van der Waals surface area contributed by atoms with Gasteiger partial charge in [0.05, 0.1) is 22.3 Å². The predicted molar refractivity (Wildman–Crippen MR) is 182 cm³/mol. The van der Waals surface area contributed by atoms with Crippen molar-refractivity contribution in [2.45, 2.75) is 66.5 Å². The second-order valence-corrected chi connectivity index (χ2v) is 11.6. The number of fused-ring (bicyclic) bond motifs is 1. The van der Waals surface area contributed by atoms with E-state index < -0.39 is 5.97 Å². The molecule has 0 atom stereocenters. The van der Waals surface area contributed by atoms with Crippen LogP contribution in [0.15, 0.2) is 60.7 Å². The molecule has 0 aliphatic heterocycles. The summed E-state index contributed by atoms with van der Waals surface area (Å²) in [7, 11) is 4.23. The quantitative estimate of drug-likeness (QED) is 0.195. The van der Waals surface area contributed by atoms with Gasteiger partial charge in [0.1, 0.15) is 11.6 Å². The van der Waals surface area contributed by atoms with Crippen LogP contribution in [0.2, 0.25) is 0 Å². The van der Waals surface area contributed by atoms with Gasteiger partial charge in [-0.05, 0) is 80.7 Å². The minimum Gasteiger partial charge on any atom is -0.478 e. The molecule has 0 aliphatic rings. The minimum atomic E-state index is -0.917. The second kappa shape index (κ2) is 15.1. The monoisotopic (exact) mass is 613 g/mol. The van der Waals surface area contributed by atoms with E-state index in [2.05, 4.69) is 80.1 Å². The molecule has 0 spiro atoms. The van der Waals surface area contributed by atoms with Gasteiger partial charge in [0.25, 0.3) is 0 Å². The summed E-state index contributed by atoms with van der Waals surface area (Å²) in [6.07, 6.45) is 3.77. The number of imidazole rings is 2. The average Bonchev–Trinajstić information content (AvgIpc) is 3.54. The summed E-state index contributed by atoms with van der Waals surface area (Å²) in [5.74, 6) is 1.20. The van der Waals surface area contributed by atoms with Crippen LogP contribution in [0.25, 0.3) is 33.5 Å². The van der Waals surface area contributed by atoms with E-state index in [0.29, 0.717) is 12.1 Å². The third-order valence-corrected chi connectivity index (χ3v) is 8.21. The van der Waals surface area contributed by atoms with Gasteiger partial charge in [-0.3, -0.25) is 0 Å². The van der Waals surface area contributed by atoms with E-state index in [0.717, 1.165) is 89.3 Å². The predicted octanol–water partition coefficient (Wildman–Crippen LogP) is 5.61. The molecule has 5 rings (SSSR count). The van der Waals surface area contributed by atoms with Crippen LogP contribution in [-0.2, 0) is 32.4 Å².